The quantitative estimate of drug-likeness (QED) is 0.692. The molecule has 0 spiro atoms. The summed E-state index contributed by atoms with van der Waals surface area (Å²) in [7, 11) is 0. The molecule has 0 amide bonds. The molecule has 96 valence electrons. The maximum absolute atomic E-state index is 4.51. The lowest BCUT2D eigenvalue weighted by atomic mass is 9.90. The molecule has 0 radical (unpaired) electrons. The monoisotopic (exact) mass is 259 g/mol. The van der Waals surface area contributed by atoms with Gasteiger partial charge in [0.25, 0.3) is 0 Å². The molecule has 1 aromatic heterocycles. The van der Waals surface area contributed by atoms with Gasteiger partial charge in [-0.3, -0.25) is 0 Å². The molecule has 1 aliphatic carbocycles. The molecule has 1 atom stereocenters. The molecule has 0 bridgehead atoms. The molecule has 18 heavy (non-hydrogen) atoms. The highest BCUT2D eigenvalue weighted by atomic mass is 32.1. The van der Waals surface area contributed by atoms with E-state index in [0.29, 0.717) is 11.8 Å². The van der Waals surface area contributed by atoms with E-state index in [1.807, 2.05) is 6.20 Å². The van der Waals surface area contributed by atoms with Crippen LogP contribution in [0.1, 0.15) is 43.5 Å². The van der Waals surface area contributed by atoms with E-state index >= 15 is 0 Å². The van der Waals surface area contributed by atoms with E-state index in [0.717, 1.165) is 0 Å². The van der Waals surface area contributed by atoms with Crippen LogP contribution in [0.25, 0.3) is 0 Å². The van der Waals surface area contributed by atoms with Crippen molar-refractivity contribution in [1.29, 1.82) is 0 Å². The van der Waals surface area contributed by atoms with E-state index < -0.39 is 0 Å². The van der Waals surface area contributed by atoms with Crippen LogP contribution in [0.3, 0.4) is 0 Å². The molecule has 1 aromatic rings. The number of hydrogen-bond acceptors (Lipinski definition) is 2. The average molecular weight is 259 g/mol. The number of unbranched alkanes of at least 4 members (excludes halogenated alkanes) is 1. The summed E-state index contributed by atoms with van der Waals surface area (Å²) in [5.74, 6) is 1.16. The highest BCUT2D eigenvalue weighted by Gasteiger charge is 2.17. The topological polar surface area (TPSA) is 12.9 Å². The largest absolute Gasteiger partial charge is 0.249 e. The zero-order chi connectivity index (χ0) is 12.6. The summed E-state index contributed by atoms with van der Waals surface area (Å²) >= 11 is 1.80. The van der Waals surface area contributed by atoms with Gasteiger partial charge in [0.15, 0.2) is 0 Å². The first-order valence-corrected chi connectivity index (χ1v) is 7.69. The Balaban J connectivity index is 2.00. The maximum Gasteiger partial charge on any atom is 0.0956 e. The van der Waals surface area contributed by atoms with E-state index in [4.69, 9.17) is 0 Å². The molecule has 1 nitrogen and oxygen atoms in total. The molecular formula is C16H21NS. The van der Waals surface area contributed by atoms with Crippen molar-refractivity contribution in [3.05, 3.63) is 53.0 Å². The van der Waals surface area contributed by atoms with Crippen molar-refractivity contribution in [2.45, 2.75) is 38.5 Å². The van der Waals surface area contributed by atoms with Crippen molar-refractivity contribution >= 4 is 11.3 Å². The number of aromatic nitrogens is 1. The zero-order valence-electron chi connectivity index (χ0n) is 11.0. The number of nitrogens with zero attached hydrogens (tertiary/aromatic N) is 1. The van der Waals surface area contributed by atoms with Gasteiger partial charge in [0.1, 0.15) is 0 Å². The predicted octanol–water partition coefficient (Wildman–Crippen LogP) is 5.11. The molecule has 1 unspecified atom stereocenters. The third-order valence-corrected chi connectivity index (χ3v) is 4.25. The van der Waals surface area contributed by atoms with Gasteiger partial charge < -0.3 is 0 Å². The van der Waals surface area contributed by atoms with Crippen molar-refractivity contribution in [3.63, 3.8) is 0 Å². The Morgan fingerprint density at radius 2 is 2.00 bits per heavy atom. The number of rotatable bonds is 6. The smallest absolute Gasteiger partial charge is 0.0956 e. The van der Waals surface area contributed by atoms with Crippen molar-refractivity contribution in [1.82, 2.24) is 4.98 Å². The minimum atomic E-state index is 0.547. The highest BCUT2D eigenvalue weighted by molar-refractivity contribution is 7.09. The molecule has 2 rings (SSSR count). The molecule has 0 saturated heterocycles. The van der Waals surface area contributed by atoms with Crippen molar-refractivity contribution in [2.75, 3.05) is 0 Å². The fourth-order valence-electron chi connectivity index (χ4n) is 2.32. The van der Waals surface area contributed by atoms with E-state index in [-0.39, 0.29) is 0 Å². The highest BCUT2D eigenvalue weighted by Crippen LogP contribution is 2.31. The van der Waals surface area contributed by atoms with Crippen LogP contribution in [-0.4, -0.2) is 4.98 Å². The Kier molecular flexibility index (Phi) is 5.40. The summed E-state index contributed by atoms with van der Waals surface area (Å²) in [6.45, 7) is 2.26. The van der Waals surface area contributed by atoms with Crippen LogP contribution < -0.4 is 0 Å². The summed E-state index contributed by atoms with van der Waals surface area (Å²) in [4.78, 5) is 4.51. The third kappa shape index (κ3) is 3.95. The molecule has 1 aliphatic rings. The Morgan fingerprint density at radius 3 is 2.61 bits per heavy atom. The molecule has 1 heterocycles. The standard InChI is InChI=1S/C16H21NS/c1-2-3-10-15(16-17-11-12-18-16)13-14-8-6-4-5-7-9-14/h4-9,11-12,14-15H,2-3,10,13H2,1H3. The molecular weight excluding hydrogens is 238 g/mol. The Labute approximate surface area is 114 Å². The minimum absolute atomic E-state index is 0.547. The molecule has 0 aliphatic heterocycles. The maximum atomic E-state index is 4.51. The van der Waals surface area contributed by atoms with E-state index in [1.165, 1.54) is 30.7 Å². The van der Waals surface area contributed by atoms with Crippen LogP contribution in [-0.2, 0) is 0 Å². The molecule has 0 aromatic carbocycles. The molecule has 2 heteroatoms. The lowest BCUT2D eigenvalue weighted by molar-refractivity contribution is 0.510. The second kappa shape index (κ2) is 7.32. The van der Waals surface area contributed by atoms with Gasteiger partial charge >= 0.3 is 0 Å². The van der Waals surface area contributed by atoms with E-state index in [2.05, 4.69) is 53.7 Å². The average Bonchev–Trinajstić information content (AvgIpc) is 2.80. The van der Waals surface area contributed by atoms with Gasteiger partial charge in [-0.2, -0.15) is 0 Å². The first-order chi connectivity index (χ1) is 8.90. The van der Waals surface area contributed by atoms with Crippen LogP contribution in [0.4, 0.5) is 0 Å². The Morgan fingerprint density at radius 1 is 1.22 bits per heavy atom. The third-order valence-electron chi connectivity index (χ3n) is 3.31. The lowest BCUT2D eigenvalue weighted by Crippen LogP contribution is -2.04. The normalized spacial score (nSPS) is 16.9. The van der Waals surface area contributed by atoms with Crippen LogP contribution >= 0.6 is 11.3 Å². The van der Waals surface area contributed by atoms with E-state index in [1.54, 1.807) is 11.3 Å². The lowest BCUT2D eigenvalue weighted by Gasteiger charge is -2.17. The predicted molar refractivity (Wildman–Crippen MR) is 79.9 cm³/mol. The summed E-state index contributed by atoms with van der Waals surface area (Å²) in [5.41, 5.74) is 0. The summed E-state index contributed by atoms with van der Waals surface area (Å²) < 4.78 is 0. The number of thiazole rings is 1. The fourth-order valence-corrected chi connectivity index (χ4v) is 3.11. The molecule has 0 fully saturated rings. The fraction of sp³-hybridized carbons (Fsp3) is 0.438. The van der Waals surface area contributed by atoms with Crippen molar-refractivity contribution < 1.29 is 0 Å². The number of allylic oxidation sites excluding steroid dienone is 6. The second-order valence-electron chi connectivity index (χ2n) is 4.76. The summed E-state index contributed by atoms with van der Waals surface area (Å²) in [6.07, 6.45) is 20.0. The van der Waals surface area contributed by atoms with Crippen molar-refractivity contribution in [3.8, 4) is 0 Å². The SMILES string of the molecule is CCCCC(CC1C=CC=CC=C1)c1nccs1. The van der Waals surface area contributed by atoms with Crippen molar-refractivity contribution in [2.24, 2.45) is 5.92 Å². The Bertz CT molecular complexity index is 398. The first-order valence-electron chi connectivity index (χ1n) is 6.81. The second-order valence-corrected chi connectivity index (χ2v) is 5.69. The van der Waals surface area contributed by atoms with Gasteiger partial charge in [-0.15, -0.1) is 11.3 Å². The van der Waals surface area contributed by atoms with E-state index in [9.17, 15) is 0 Å². The van der Waals surface area contributed by atoms with Gasteiger partial charge in [0, 0.05) is 17.5 Å². The summed E-state index contributed by atoms with van der Waals surface area (Å²) in [6, 6.07) is 0. The molecule has 0 N–H and O–H groups in total. The number of hydrogen-bond donors (Lipinski definition) is 0. The Hall–Kier alpha value is -1.15. The van der Waals surface area contributed by atoms with Gasteiger partial charge in [0.2, 0.25) is 0 Å². The van der Waals surface area contributed by atoms with Gasteiger partial charge in [-0.25, -0.2) is 4.98 Å². The summed E-state index contributed by atoms with van der Waals surface area (Å²) in [5, 5.41) is 3.40. The minimum Gasteiger partial charge on any atom is -0.249 e. The van der Waals surface area contributed by atoms with Crippen LogP contribution in [0.2, 0.25) is 0 Å². The van der Waals surface area contributed by atoms with Crippen LogP contribution in [0, 0.1) is 5.92 Å². The molecule has 0 saturated carbocycles. The van der Waals surface area contributed by atoms with Crippen LogP contribution in [0.15, 0.2) is 48.0 Å². The van der Waals surface area contributed by atoms with Gasteiger partial charge in [0.05, 0.1) is 5.01 Å². The van der Waals surface area contributed by atoms with Gasteiger partial charge in [-0.05, 0) is 18.8 Å². The first kappa shape index (κ1) is 13.3. The van der Waals surface area contributed by atoms with Gasteiger partial charge in [-0.1, -0.05) is 56.2 Å². The zero-order valence-corrected chi connectivity index (χ0v) is 11.8. The van der Waals surface area contributed by atoms with Crippen LogP contribution in [0.5, 0.6) is 0 Å².